The summed E-state index contributed by atoms with van der Waals surface area (Å²) in [6, 6.07) is 2.10. The molecule has 78 valence electrons. The molecule has 0 atom stereocenters. The molecule has 1 aromatic rings. The molecule has 0 radical (unpaired) electrons. The van der Waals surface area contributed by atoms with Crippen LogP contribution in [0, 0.1) is 5.82 Å². The van der Waals surface area contributed by atoms with E-state index in [0.29, 0.717) is 0 Å². The predicted octanol–water partition coefficient (Wildman–Crippen LogP) is 0.907. The van der Waals surface area contributed by atoms with E-state index in [-0.39, 0.29) is 6.04 Å². The summed E-state index contributed by atoms with van der Waals surface area (Å²) in [5.74, 6) is -0.847. The number of nitrogens with zero attached hydrogens (tertiary/aromatic N) is 1. The molecule has 1 aromatic heterocycles. The summed E-state index contributed by atoms with van der Waals surface area (Å²) in [6.45, 7) is 3.30. The number of hydrogen-bond acceptors (Lipinski definition) is 3. The predicted molar refractivity (Wildman–Crippen MR) is 49.7 cm³/mol. The first kappa shape index (κ1) is 11.1. The van der Waals surface area contributed by atoms with Crippen molar-refractivity contribution in [2.24, 2.45) is 0 Å². The molecule has 1 rings (SSSR count). The van der Waals surface area contributed by atoms with Gasteiger partial charge in [-0.1, -0.05) is 0 Å². The van der Waals surface area contributed by atoms with Crippen molar-refractivity contribution in [1.29, 1.82) is 0 Å². The van der Waals surface area contributed by atoms with Crippen molar-refractivity contribution < 1.29 is 12.8 Å². The second-order valence-corrected chi connectivity index (χ2v) is 4.70. The lowest BCUT2D eigenvalue weighted by atomic mass is 10.4. The van der Waals surface area contributed by atoms with Crippen molar-refractivity contribution in [2.75, 3.05) is 0 Å². The monoisotopic (exact) mass is 218 g/mol. The summed E-state index contributed by atoms with van der Waals surface area (Å²) >= 11 is 0. The molecule has 0 aliphatic rings. The van der Waals surface area contributed by atoms with E-state index >= 15 is 0 Å². The zero-order chi connectivity index (χ0) is 10.8. The molecule has 4 nitrogen and oxygen atoms in total. The third kappa shape index (κ3) is 2.49. The minimum absolute atomic E-state index is 0.290. The van der Waals surface area contributed by atoms with Crippen molar-refractivity contribution in [2.45, 2.75) is 24.9 Å². The Morgan fingerprint density at radius 1 is 1.50 bits per heavy atom. The van der Waals surface area contributed by atoms with Crippen molar-refractivity contribution in [3.63, 3.8) is 0 Å². The van der Waals surface area contributed by atoms with Gasteiger partial charge in [0.1, 0.15) is 0 Å². The van der Waals surface area contributed by atoms with Gasteiger partial charge in [-0.15, -0.1) is 0 Å². The molecule has 0 saturated carbocycles. The lowest BCUT2D eigenvalue weighted by molar-refractivity contribution is 0.538. The summed E-state index contributed by atoms with van der Waals surface area (Å²) in [5.41, 5.74) is 0. The molecule has 0 amide bonds. The van der Waals surface area contributed by atoms with Crippen LogP contribution in [0.15, 0.2) is 23.4 Å². The molecule has 0 saturated heterocycles. The van der Waals surface area contributed by atoms with Gasteiger partial charge in [-0.05, 0) is 26.0 Å². The third-order valence-electron chi connectivity index (χ3n) is 1.37. The SMILES string of the molecule is CC(C)NS(=O)(=O)c1ncccc1F. The van der Waals surface area contributed by atoms with Crippen molar-refractivity contribution in [1.82, 2.24) is 9.71 Å². The Labute approximate surface area is 82.2 Å². The largest absolute Gasteiger partial charge is 0.261 e. The van der Waals surface area contributed by atoms with E-state index < -0.39 is 20.9 Å². The second kappa shape index (κ2) is 4.02. The first-order valence-electron chi connectivity index (χ1n) is 4.06. The molecular formula is C8H11FN2O2S. The van der Waals surface area contributed by atoms with Crippen LogP contribution in [0.25, 0.3) is 0 Å². The van der Waals surface area contributed by atoms with E-state index in [1.165, 1.54) is 12.3 Å². The zero-order valence-electron chi connectivity index (χ0n) is 7.86. The van der Waals surface area contributed by atoms with Gasteiger partial charge in [0.15, 0.2) is 5.82 Å². The lowest BCUT2D eigenvalue weighted by Gasteiger charge is -2.08. The molecule has 0 aliphatic carbocycles. The first-order chi connectivity index (χ1) is 6.43. The van der Waals surface area contributed by atoms with Crippen LogP contribution in [0.2, 0.25) is 0 Å². The van der Waals surface area contributed by atoms with Gasteiger partial charge in [-0.25, -0.2) is 22.5 Å². The second-order valence-electron chi connectivity index (χ2n) is 3.07. The van der Waals surface area contributed by atoms with Gasteiger partial charge < -0.3 is 0 Å². The van der Waals surface area contributed by atoms with E-state index in [2.05, 4.69) is 9.71 Å². The molecule has 0 bridgehead atoms. The molecule has 0 unspecified atom stereocenters. The Morgan fingerprint density at radius 2 is 2.14 bits per heavy atom. The highest BCUT2D eigenvalue weighted by atomic mass is 32.2. The summed E-state index contributed by atoms with van der Waals surface area (Å²) in [6.07, 6.45) is 1.23. The molecule has 0 aromatic carbocycles. The summed E-state index contributed by atoms with van der Waals surface area (Å²) < 4.78 is 38.2. The fourth-order valence-electron chi connectivity index (χ4n) is 0.935. The summed E-state index contributed by atoms with van der Waals surface area (Å²) in [4.78, 5) is 3.48. The normalized spacial score (nSPS) is 12.0. The van der Waals surface area contributed by atoms with Gasteiger partial charge in [0.05, 0.1) is 0 Å². The molecule has 1 heterocycles. The Balaban J connectivity index is 3.11. The minimum atomic E-state index is -3.83. The van der Waals surface area contributed by atoms with E-state index in [0.717, 1.165) is 6.07 Å². The number of hydrogen-bond donors (Lipinski definition) is 1. The highest BCUT2D eigenvalue weighted by molar-refractivity contribution is 7.89. The van der Waals surface area contributed by atoms with Crippen LogP contribution >= 0.6 is 0 Å². The molecule has 14 heavy (non-hydrogen) atoms. The fourth-order valence-corrected chi connectivity index (χ4v) is 2.19. The van der Waals surface area contributed by atoms with Crippen molar-refractivity contribution in [3.05, 3.63) is 24.1 Å². The lowest BCUT2D eigenvalue weighted by Crippen LogP contribution is -2.31. The van der Waals surface area contributed by atoms with Crippen LogP contribution < -0.4 is 4.72 Å². The van der Waals surface area contributed by atoms with E-state index in [9.17, 15) is 12.8 Å². The summed E-state index contributed by atoms with van der Waals surface area (Å²) in [5, 5.41) is -0.561. The van der Waals surface area contributed by atoms with E-state index in [1.54, 1.807) is 13.8 Å². The van der Waals surface area contributed by atoms with E-state index in [4.69, 9.17) is 0 Å². The van der Waals surface area contributed by atoms with Gasteiger partial charge in [0, 0.05) is 12.2 Å². The maximum absolute atomic E-state index is 13.1. The molecule has 0 fully saturated rings. The summed E-state index contributed by atoms with van der Waals surface area (Å²) in [7, 11) is -3.83. The van der Waals surface area contributed by atoms with Crippen molar-refractivity contribution >= 4 is 10.0 Å². The molecular weight excluding hydrogens is 207 g/mol. The third-order valence-corrected chi connectivity index (χ3v) is 2.96. The van der Waals surface area contributed by atoms with Crippen LogP contribution in [0.4, 0.5) is 4.39 Å². The Kier molecular flexibility index (Phi) is 3.17. The Morgan fingerprint density at radius 3 is 2.64 bits per heavy atom. The van der Waals surface area contributed by atoms with Crippen LogP contribution in [-0.4, -0.2) is 19.4 Å². The number of halogens is 1. The maximum Gasteiger partial charge on any atom is 0.261 e. The van der Waals surface area contributed by atoms with Crippen LogP contribution in [-0.2, 0) is 10.0 Å². The smallest absolute Gasteiger partial charge is 0.241 e. The minimum Gasteiger partial charge on any atom is -0.241 e. The zero-order valence-corrected chi connectivity index (χ0v) is 8.68. The standard InChI is InChI=1S/C8H11FN2O2S/c1-6(2)11-14(12,13)8-7(9)4-3-5-10-8/h3-6,11H,1-2H3. The molecule has 6 heteroatoms. The highest BCUT2D eigenvalue weighted by Crippen LogP contribution is 2.09. The van der Waals surface area contributed by atoms with Crippen LogP contribution in [0.1, 0.15) is 13.8 Å². The molecule has 0 aliphatic heterocycles. The average molecular weight is 218 g/mol. The molecule has 0 spiro atoms. The average Bonchev–Trinajstić information content (AvgIpc) is 2.02. The number of aromatic nitrogens is 1. The highest BCUT2D eigenvalue weighted by Gasteiger charge is 2.20. The van der Waals surface area contributed by atoms with Crippen molar-refractivity contribution in [3.8, 4) is 0 Å². The Bertz CT molecular complexity index is 417. The first-order valence-corrected chi connectivity index (χ1v) is 5.54. The van der Waals surface area contributed by atoms with Gasteiger partial charge in [-0.3, -0.25) is 0 Å². The number of pyridine rings is 1. The van der Waals surface area contributed by atoms with Crippen LogP contribution in [0.5, 0.6) is 0 Å². The van der Waals surface area contributed by atoms with Crippen LogP contribution in [0.3, 0.4) is 0 Å². The maximum atomic E-state index is 13.1. The fraction of sp³-hybridized carbons (Fsp3) is 0.375. The Hall–Kier alpha value is -1.01. The topological polar surface area (TPSA) is 59.1 Å². The quantitative estimate of drug-likeness (QED) is 0.820. The van der Waals surface area contributed by atoms with Gasteiger partial charge in [0.2, 0.25) is 5.03 Å². The van der Waals surface area contributed by atoms with E-state index in [1.807, 2.05) is 0 Å². The number of sulfonamides is 1. The van der Waals surface area contributed by atoms with Gasteiger partial charge in [0.25, 0.3) is 10.0 Å². The number of rotatable bonds is 3. The van der Waals surface area contributed by atoms with Gasteiger partial charge in [-0.2, -0.15) is 0 Å². The number of nitrogens with one attached hydrogen (secondary N) is 1. The molecule has 1 N–H and O–H groups in total. The van der Waals surface area contributed by atoms with Gasteiger partial charge >= 0.3 is 0 Å².